The standard InChI is InChI=1S/C13H11ClO/c1-9-5-6-11(8-13(9)15)10-3-2-4-12(14)7-10/h2-8,15H,1H3. The van der Waals surface area contributed by atoms with Gasteiger partial charge >= 0.3 is 0 Å². The molecule has 0 aliphatic heterocycles. The lowest BCUT2D eigenvalue weighted by Crippen LogP contribution is -1.79. The Bertz CT molecular complexity index is 492. The van der Waals surface area contributed by atoms with E-state index in [1.54, 1.807) is 6.07 Å². The van der Waals surface area contributed by atoms with Gasteiger partial charge in [0.15, 0.2) is 0 Å². The molecule has 2 aromatic carbocycles. The van der Waals surface area contributed by atoms with Gasteiger partial charge in [-0.3, -0.25) is 0 Å². The molecule has 0 unspecified atom stereocenters. The number of rotatable bonds is 1. The van der Waals surface area contributed by atoms with Crippen molar-refractivity contribution in [2.24, 2.45) is 0 Å². The molecule has 15 heavy (non-hydrogen) atoms. The minimum atomic E-state index is 0.312. The first kappa shape index (κ1) is 10.1. The average Bonchev–Trinajstić information content (AvgIpc) is 2.22. The molecule has 1 N–H and O–H groups in total. The topological polar surface area (TPSA) is 20.2 Å². The smallest absolute Gasteiger partial charge is 0.119 e. The lowest BCUT2D eigenvalue weighted by molar-refractivity contribution is 0.471. The molecule has 0 saturated heterocycles. The van der Waals surface area contributed by atoms with Gasteiger partial charge in [-0.05, 0) is 41.8 Å². The van der Waals surface area contributed by atoms with Gasteiger partial charge in [-0.1, -0.05) is 35.9 Å². The summed E-state index contributed by atoms with van der Waals surface area (Å²) in [7, 11) is 0. The van der Waals surface area contributed by atoms with Crippen LogP contribution >= 0.6 is 11.6 Å². The first-order valence-corrected chi connectivity index (χ1v) is 5.10. The molecule has 1 nitrogen and oxygen atoms in total. The maximum Gasteiger partial charge on any atom is 0.119 e. The van der Waals surface area contributed by atoms with Crippen LogP contribution in [0.5, 0.6) is 5.75 Å². The minimum Gasteiger partial charge on any atom is -0.508 e. The zero-order chi connectivity index (χ0) is 10.8. The van der Waals surface area contributed by atoms with Crippen molar-refractivity contribution in [3.8, 4) is 16.9 Å². The van der Waals surface area contributed by atoms with E-state index >= 15 is 0 Å². The van der Waals surface area contributed by atoms with E-state index in [0.29, 0.717) is 10.8 Å². The molecule has 2 aromatic rings. The SMILES string of the molecule is Cc1ccc(-c2cccc(Cl)c2)cc1O. The highest BCUT2D eigenvalue weighted by molar-refractivity contribution is 6.30. The van der Waals surface area contributed by atoms with Gasteiger partial charge in [0.05, 0.1) is 0 Å². The zero-order valence-electron chi connectivity index (χ0n) is 8.37. The summed E-state index contributed by atoms with van der Waals surface area (Å²) >= 11 is 5.90. The van der Waals surface area contributed by atoms with E-state index in [0.717, 1.165) is 16.7 Å². The first-order chi connectivity index (χ1) is 7.16. The van der Waals surface area contributed by atoms with Crippen LogP contribution in [0.1, 0.15) is 5.56 Å². The van der Waals surface area contributed by atoms with E-state index in [4.69, 9.17) is 11.6 Å². The van der Waals surface area contributed by atoms with Crippen LogP contribution in [-0.2, 0) is 0 Å². The largest absolute Gasteiger partial charge is 0.508 e. The normalized spacial score (nSPS) is 10.3. The molecule has 0 fully saturated rings. The fourth-order valence-corrected chi connectivity index (χ4v) is 1.65. The quantitative estimate of drug-likeness (QED) is 0.767. The second-order valence-electron chi connectivity index (χ2n) is 3.51. The Hall–Kier alpha value is -1.47. The molecule has 0 amide bonds. The Labute approximate surface area is 94.0 Å². The molecule has 0 saturated carbocycles. The number of hydrogen-bond donors (Lipinski definition) is 1. The molecule has 76 valence electrons. The maximum atomic E-state index is 9.60. The molecule has 0 bridgehead atoms. The fourth-order valence-electron chi connectivity index (χ4n) is 1.46. The Balaban J connectivity index is 2.50. The third-order valence-corrected chi connectivity index (χ3v) is 2.60. The number of benzene rings is 2. The average molecular weight is 219 g/mol. The lowest BCUT2D eigenvalue weighted by Gasteiger charge is -2.04. The summed E-state index contributed by atoms with van der Waals surface area (Å²) in [6, 6.07) is 13.2. The summed E-state index contributed by atoms with van der Waals surface area (Å²) in [4.78, 5) is 0. The number of aryl methyl sites for hydroxylation is 1. The highest BCUT2D eigenvalue weighted by atomic mass is 35.5. The highest BCUT2D eigenvalue weighted by Crippen LogP contribution is 2.27. The van der Waals surface area contributed by atoms with Crippen LogP contribution in [0, 0.1) is 6.92 Å². The Morgan fingerprint density at radius 2 is 1.73 bits per heavy atom. The molecule has 0 heterocycles. The monoisotopic (exact) mass is 218 g/mol. The molecule has 0 atom stereocenters. The summed E-state index contributed by atoms with van der Waals surface area (Å²) < 4.78 is 0. The highest BCUT2D eigenvalue weighted by Gasteiger charge is 2.01. The second-order valence-corrected chi connectivity index (χ2v) is 3.95. The second kappa shape index (κ2) is 3.95. The Morgan fingerprint density at radius 1 is 1.00 bits per heavy atom. The number of halogens is 1. The number of phenols is 1. The van der Waals surface area contributed by atoms with E-state index < -0.39 is 0 Å². The zero-order valence-corrected chi connectivity index (χ0v) is 9.12. The molecular weight excluding hydrogens is 208 g/mol. The van der Waals surface area contributed by atoms with Gasteiger partial charge in [-0.2, -0.15) is 0 Å². The van der Waals surface area contributed by atoms with Crippen LogP contribution in [-0.4, -0.2) is 5.11 Å². The summed E-state index contributed by atoms with van der Waals surface area (Å²) in [6.45, 7) is 1.87. The Morgan fingerprint density at radius 3 is 2.40 bits per heavy atom. The molecule has 0 radical (unpaired) electrons. The molecule has 2 rings (SSSR count). The number of aromatic hydroxyl groups is 1. The van der Waals surface area contributed by atoms with Crippen molar-refractivity contribution in [2.45, 2.75) is 6.92 Å². The first-order valence-electron chi connectivity index (χ1n) is 4.72. The summed E-state index contributed by atoms with van der Waals surface area (Å²) in [5.41, 5.74) is 2.86. The van der Waals surface area contributed by atoms with Crippen molar-refractivity contribution in [3.05, 3.63) is 53.1 Å². The summed E-state index contributed by atoms with van der Waals surface area (Å²) in [5.74, 6) is 0.312. The fraction of sp³-hybridized carbons (Fsp3) is 0.0769. The molecule has 2 heteroatoms. The molecule has 0 spiro atoms. The van der Waals surface area contributed by atoms with Gasteiger partial charge in [-0.25, -0.2) is 0 Å². The molecular formula is C13H11ClO. The van der Waals surface area contributed by atoms with Crippen molar-refractivity contribution in [2.75, 3.05) is 0 Å². The predicted molar refractivity (Wildman–Crippen MR) is 63.3 cm³/mol. The van der Waals surface area contributed by atoms with E-state index in [-0.39, 0.29) is 0 Å². The van der Waals surface area contributed by atoms with Crippen LogP contribution < -0.4 is 0 Å². The number of phenolic OH excluding ortho intramolecular Hbond substituents is 1. The van der Waals surface area contributed by atoms with Crippen LogP contribution in [0.15, 0.2) is 42.5 Å². The van der Waals surface area contributed by atoms with Crippen molar-refractivity contribution in [1.29, 1.82) is 0 Å². The van der Waals surface area contributed by atoms with E-state index in [9.17, 15) is 5.11 Å². The van der Waals surface area contributed by atoms with Crippen LogP contribution in [0.2, 0.25) is 5.02 Å². The van der Waals surface area contributed by atoms with Gasteiger partial charge in [0.1, 0.15) is 5.75 Å². The van der Waals surface area contributed by atoms with Crippen LogP contribution in [0.25, 0.3) is 11.1 Å². The Kier molecular flexibility index (Phi) is 2.65. The maximum absolute atomic E-state index is 9.60. The van der Waals surface area contributed by atoms with Gasteiger partial charge in [-0.15, -0.1) is 0 Å². The van der Waals surface area contributed by atoms with Gasteiger partial charge in [0.2, 0.25) is 0 Å². The minimum absolute atomic E-state index is 0.312. The molecule has 0 aliphatic rings. The van der Waals surface area contributed by atoms with E-state index in [1.165, 1.54) is 0 Å². The summed E-state index contributed by atoms with van der Waals surface area (Å²) in [6.07, 6.45) is 0. The third kappa shape index (κ3) is 2.13. The van der Waals surface area contributed by atoms with Crippen LogP contribution in [0.3, 0.4) is 0 Å². The van der Waals surface area contributed by atoms with Crippen molar-refractivity contribution >= 4 is 11.6 Å². The van der Waals surface area contributed by atoms with Crippen molar-refractivity contribution in [1.82, 2.24) is 0 Å². The predicted octanol–water partition coefficient (Wildman–Crippen LogP) is 4.02. The van der Waals surface area contributed by atoms with Gasteiger partial charge in [0, 0.05) is 5.02 Å². The van der Waals surface area contributed by atoms with Crippen molar-refractivity contribution in [3.63, 3.8) is 0 Å². The third-order valence-electron chi connectivity index (χ3n) is 2.37. The van der Waals surface area contributed by atoms with Crippen molar-refractivity contribution < 1.29 is 5.11 Å². The van der Waals surface area contributed by atoms with Crippen LogP contribution in [0.4, 0.5) is 0 Å². The number of hydrogen-bond acceptors (Lipinski definition) is 1. The van der Waals surface area contributed by atoms with E-state index in [1.807, 2.05) is 43.3 Å². The van der Waals surface area contributed by atoms with Gasteiger partial charge in [0.25, 0.3) is 0 Å². The lowest BCUT2D eigenvalue weighted by atomic mass is 10.0. The molecule has 0 aliphatic carbocycles. The van der Waals surface area contributed by atoms with Gasteiger partial charge < -0.3 is 5.11 Å². The molecule has 0 aromatic heterocycles. The van der Waals surface area contributed by atoms with E-state index in [2.05, 4.69) is 0 Å². The summed E-state index contributed by atoms with van der Waals surface area (Å²) in [5, 5.41) is 10.3.